The Morgan fingerprint density at radius 2 is 1.31 bits per heavy atom. The summed E-state index contributed by atoms with van der Waals surface area (Å²) in [5.74, 6) is 0. The zero-order valence-corrected chi connectivity index (χ0v) is 13.4. The van der Waals surface area contributed by atoms with Crippen molar-refractivity contribution in [1.29, 1.82) is 0 Å². The molecule has 0 aliphatic heterocycles. The Balaban J connectivity index is 2.60. The van der Waals surface area contributed by atoms with Crippen LogP contribution in [0.25, 0.3) is 11.1 Å². The Kier molecular flexibility index (Phi) is 3.88. The van der Waals surface area contributed by atoms with E-state index >= 15 is 0 Å². The first-order chi connectivity index (χ1) is 7.58. The van der Waals surface area contributed by atoms with Crippen LogP contribution in [0.15, 0.2) is 49.8 Å². The average molecular weight is 405 g/mol. The van der Waals surface area contributed by atoms with Gasteiger partial charge < -0.3 is 0 Å². The summed E-state index contributed by atoms with van der Waals surface area (Å²) < 4.78 is 3.22. The molecule has 2 aromatic carbocycles. The van der Waals surface area contributed by atoms with Crippen molar-refractivity contribution in [3.05, 3.63) is 55.4 Å². The predicted octanol–water partition coefficient (Wildman–Crippen LogP) is 5.95. The lowest BCUT2D eigenvalue weighted by Gasteiger charge is -2.09. The minimum atomic E-state index is 1.06. The Morgan fingerprint density at radius 1 is 0.812 bits per heavy atom. The number of benzene rings is 2. The first-order valence-corrected chi connectivity index (χ1v) is 7.17. The fourth-order valence-electron chi connectivity index (χ4n) is 1.54. The summed E-state index contributed by atoms with van der Waals surface area (Å²) in [6, 6.07) is 12.6. The van der Waals surface area contributed by atoms with E-state index in [1.807, 2.05) is 0 Å². The van der Waals surface area contributed by atoms with Gasteiger partial charge in [-0.3, -0.25) is 0 Å². The zero-order valence-electron chi connectivity index (χ0n) is 8.60. The van der Waals surface area contributed by atoms with Crippen LogP contribution in [-0.2, 0) is 0 Å². The molecule has 0 saturated heterocycles. The molecule has 0 N–H and O–H groups in total. The van der Waals surface area contributed by atoms with Crippen molar-refractivity contribution < 1.29 is 0 Å². The molecule has 3 heteroatoms. The number of hydrogen-bond donors (Lipinski definition) is 0. The van der Waals surface area contributed by atoms with Gasteiger partial charge in [0.05, 0.1) is 0 Å². The fraction of sp³-hybridized carbons (Fsp3) is 0.0769. The van der Waals surface area contributed by atoms with Crippen molar-refractivity contribution in [2.45, 2.75) is 6.92 Å². The third-order valence-electron chi connectivity index (χ3n) is 2.35. The van der Waals surface area contributed by atoms with Gasteiger partial charge in [0.15, 0.2) is 0 Å². The first kappa shape index (κ1) is 12.3. The van der Waals surface area contributed by atoms with Crippen LogP contribution in [0, 0.1) is 6.92 Å². The largest absolute Gasteiger partial charge is 0.0587 e. The molecule has 0 radical (unpaired) electrons. The molecule has 0 saturated carbocycles. The molecule has 0 aliphatic carbocycles. The lowest BCUT2D eigenvalue weighted by Crippen LogP contribution is -1.83. The van der Waals surface area contributed by atoms with Crippen LogP contribution in [0.5, 0.6) is 0 Å². The third-order valence-corrected chi connectivity index (χ3v) is 4.06. The van der Waals surface area contributed by atoms with E-state index in [1.54, 1.807) is 0 Å². The number of aryl methyl sites for hydroxylation is 1. The van der Waals surface area contributed by atoms with Crippen LogP contribution in [0.1, 0.15) is 5.56 Å². The van der Waals surface area contributed by atoms with Gasteiger partial charge in [-0.2, -0.15) is 0 Å². The molecular formula is C13H9Br3. The molecule has 0 aliphatic rings. The topological polar surface area (TPSA) is 0 Å². The first-order valence-electron chi connectivity index (χ1n) is 4.79. The predicted molar refractivity (Wildman–Crippen MR) is 79.7 cm³/mol. The highest BCUT2D eigenvalue weighted by Crippen LogP contribution is 2.37. The van der Waals surface area contributed by atoms with Crippen LogP contribution < -0.4 is 0 Å². The summed E-state index contributed by atoms with van der Waals surface area (Å²) in [5.41, 5.74) is 3.66. The van der Waals surface area contributed by atoms with Crippen molar-refractivity contribution in [2.24, 2.45) is 0 Å². The highest BCUT2D eigenvalue weighted by Gasteiger charge is 2.08. The van der Waals surface area contributed by atoms with Gasteiger partial charge in [0, 0.05) is 19.0 Å². The smallest absolute Gasteiger partial charge is 0.0276 e. The number of hydrogen-bond acceptors (Lipinski definition) is 0. The van der Waals surface area contributed by atoms with E-state index in [4.69, 9.17) is 0 Å². The summed E-state index contributed by atoms with van der Waals surface area (Å²) in [6.45, 7) is 2.09. The second-order valence-electron chi connectivity index (χ2n) is 3.61. The Morgan fingerprint density at radius 3 is 1.81 bits per heavy atom. The van der Waals surface area contributed by atoms with Gasteiger partial charge in [-0.15, -0.1) is 0 Å². The maximum Gasteiger partial charge on any atom is 0.0276 e. The Labute approximate surface area is 120 Å². The molecule has 0 nitrogen and oxygen atoms in total. The SMILES string of the molecule is Cc1ccc(-c2c(Br)cc(Br)cc2Br)cc1. The van der Waals surface area contributed by atoms with E-state index < -0.39 is 0 Å². The summed E-state index contributed by atoms with van der Waals surface area (Å²) >= 11 is 10.7. The second kappa shape index (κ2) is 5.03. The van der Waals surface area contributed by atoms with Gasteiger partial charge in [0.2, 0.25) is 0 Å². The molecule has 0 aromatic heterocycles. The van der Waals surface area contributed by atoms with E-state index in [2.05, 4.69) is 91.1 Å². The molecule has 0 atom stereocenters. The quantitative estimate of drug-likeness (QED) is 0.551. The van der Waals surface area contributed by atoms with Gasteiger partial charge >= 0.3 is 0 Å². The highest BCUT2D eigenvalue weighted by atomic mass is 79.9. The minimum Gasteiger partial charge on any atom is -0.0587 e. The average Bonchev–Trinajstić information content (AvgIpc) is 2.19. The monoisotopic (exact) mass is 402 g/mol. The molecule has 0 amide bonds. The van der Waals surface area contributed by atoms with Crippen molar-refractivity contribution in [2.75, 3.05) is 0 Å². The van der Waals surface area contributed by atoms with Crippen LogP contribution in [-0.4, -0.2) is 0 Å². The molecule has 0 heterocycles. The van der Waals surface area contributed by atoms with Gasteiger partial charge in [-0.05, 0) is 24.6 Å². The Hall–Kier alpha value is -0.120. The normalized spacial score (nSPS) is 10.5. The number of halogens is 3. The van der Waals surface area contributed by atoms with Crippen molar-refractivity contribution in [1.82, 2.24) is 0 Å². The summed E-state index contributed by atoms with van der Waals surface area (Å²) in [4.78, 5) is 0. The molecule has 2 rings (SSSR count). The fourth-order valence-corrected chi connectivity index (χ4v) is 4.25. The van der Waals surface area contributed by atoms with Gasteiger partial charge in [0.1, 0.15) is 0 Å². The van der Waals surface area contributed by atoms with Crippen LogP contribution in [0.2, 0.25) is 0 Å². The van der Waals surface area contributed by atoms with Crippen LogP contribution in [0.3, 0.4) is 0 Å². The lowest BCUT2D eigenvalue weighted by molar-refractivity contribution is 1.45. The standard InChI is InChI=1S/C13H9Br3/c1-8-2-4-9(5-3-8)13-11(15)6-10(14)7-12(13)16/h2-7H,1H3. The zero-order chi connectivity index (χ0) is 11.7. The lowest BCUT2D eigenvalue weighted by atomic mass is 10.0. The molecule has 16 heavy (non-hydrogen) atoms. The summed E-state index contributed by atoms with van der Waals surface area (Å²) in [6.07, 6.45) is 0. The van der Waals surface area contributed by atoms with Crippen LogP contribution in [0.4, 0.5) is 0 Å². The molecule has 0 bridgehead atoms. The maximum absolute atomic E-state index is 3.59. The molecule has 0 fully saturated rings. The van der Waals surface area contributed by atoms with Crippen molar-refractivity contribution >= 4 is 47.8 Å². The second-order valence-corrected chi connectivity index (χ2v) is 6.23. The van der Waals surface area contributed by atoms with E-state index in [0.717, 1.165) is 13.4 Å². The van der Waals surface area contributed by atoms with E-state index in [9.17, 15) is 0 Å². The van der Waals surface area contributed by atoms with E-state index in [0.29, 0.717) is 0 Å². The summed E-state index contributed by atoms with van der Waals surface area (Å²) in [5, 5.41) is 0. The molecule has 0 unspecified atom stereocenters. The van der Waals surface area contributed by atoms with Gasteiger partial charge in [0.25, 0.3) is 0 Å². The maximum atomic E-state index is 3.59. The molecular weight excluding hydrogens is 396 g/mol. The Bertz CT molecular complexity index is 492. The molecule has 82 valence electrons. The van der Waals surface area contributed by atoms with E-state index in [1.165, 1.54) is 16.7 Å². The van der Waals surface area contributed by atoms with Crippen LogP contribution >= 0.6 is 47.8 Å². The molecule has 0 spiro atoms. The summed E-state index contributed by atoms with van der Waals surface area (Å²) in [7, 11) is 0. The molecule has 2 aromatic rings. The van der Waals surface area contributed by atoms with Crippen molar-refractivity contribution in [3.63, 3.8) is 0 Å². The highest BCUT2D eigenvalue weighted by molar-refractivity contribution is 9.11. The van der Waals surface area contributed by atoms with Crippen molar-refractivity contribution in [3.8, 4) is 11.1 Å². The number of rotatable bonds is 1. The van der Waals surface area contributed by atoms with E-state index in [-0.39, 0.29) is 0 Å². The van der Waals surface area contributed by atoms with Gasteiger partial charge in [-0.1, -0.05) is 77.6 Å². The minimum absolute atomic E-state index is 1.06. The third kappa shape index (κ3) is 2.58. The van der Waals surface area contributed by atoms with Gasteiger partial charge in [-0.25, -0.2) is 0 Å².